The Bertz CT molecular complexity index is 197. The third-order valence-electron chi connectivity index (χ3n) is 4.00. The molecule has 4 bridgehead atoms. The molecule has 0 spiro atoms. The first-order chi connectivity index (χ1) is 8.36. The second kappa shape index (κ2) is 7.71. The molecule has 0 amide bonds. The van der Waals surface area contributed by atoms with Crippen LogP contribution in [0.1, 0.15) is 52.4 Å². The van der Waals surface area contributed by atoms with Gasteiger partial charge in [0, 0.05) is 0 Å². The average molecular weight is 266 g/mol. The molecule has 18 heavy (non-hydrogen) atoms. The van der Waals surface area contributed by atoms with Crippen LogP contribution >= 0.6 is 0 Å². The molecule has 0 saturated heterocycles. The molecule has 0 aromatic rings. The number of carbonyl (C=O) groups excluding carboxylic acids is 1. The molecule has 104 valence electrons. The summed E-state index contributed by atoms with van der Waals surface area (Å²) < 4.78 is 0. The van der Waals surface area contributed by atoms with Crippen LogP contribution in [-0.2, 0) is 4.79 Å². The topological polar surface area (TPSA) is 17.1 Å². The van der Waals surface area contributed by atoms with Gasteiger partial charge in [0.15, 0.2) is 0 Å². The molecule has 0 aliphatic heterocycles. The summed E-state index contributed by atoms with van der Waals surface area (Å²) in [4.78, 5) is 9.44. The Balaban J connectivity index is 0.000000174. The predicted octanol–water partition coefficient (Wildman–Crippen LogP) is 4.80. The molecule has 4 fully saturated rings. The average Bonchev–Trinajstić information content (AvgIpc) is 2.12. The van der Waals surface area contributed by atoms with Gasteiger partial charge >= 0.3 is 0 Å². The van der Waals surface area contributed by atoms with Gasteiger partial charge in [-0.25, -0.2) is 0 Å². The van der Waals surface area contributed by atoms with Crippen LogP contribution in [0.2, 0.25) is 17.4 Å². The molecule has 1 nitrogen and oxygen atoms in total. The van der Waals surface area contributed by atoms with Crippen molar-refractivity contribution in [3.05, 3.63) is 0 Å². The summed E-state index contributed by atoms with van der Waals surface area (Å²) in [6.45, 7) is 3.06. The van der Waals surface area contributed by atoms with Gasteiger partial charge in [0.2, 0.25) is 0 Å². The van der Waals surface area contributed by atoms with Crippen LogP contribution in [0.3, 0.4) is 0 Å². The lowest BCUT2D eigenvalue weighted by molar-refractivity contribution is -0.114. The second-order valence-electron chi connectivity index (χ2n) is 7.52. The molecule has 0 aromatic carbocycles. The highest BCUT2D eigenvalue weighted by Gasteiger charge is 2.41. The van der Waals surface area contributed by atoms with E-state index < -0.39 is 0 Å². The normalized spacial score (nSPS) is 34.9. The van der Waals surface area contributed by atoms with Crippen molar-refractivity contribution in [1.82, 2.24) is 0 Å². The van der Waals surface area contributed by atoms with Gasteiger partial charge in [0.1, 0.15) is 5.78 Å². The van der Waals surface area contributed by atoms with Crippen molar-refractivity contribution < 1.29 is 4.79 Å². The fourth-order valence-electron chi connectivity index (χ4n) is 3.98. The van der Waals surface area contributed by atoms with Crippen LogP contribution in [0.15, 0.2) is 0 Å². The lowest BCUT2D eigenvalue weighted by atomic mass is 9.56. The van der Waals surface area contributed by atoms with Crippen LogP contribution in [0.5, 0.6) is 0 Å². The molecule has 4 saturated carbocycles. The maximum absolute atomic E-state index is 9.44. The number of hydrogen-bond donors (Lipinski definition) is 0. The molecule has 4 aliphatic carbocycles. The summed E-state index contributed by atoms with van der Waals surface area (Å²) in [7, 11) is 0. The third kappa shape index (κ3) is 6.39. The maximum Gasteiger partial charge on any atom is 0.251 e. The van der Waals surface area contributed by atoms with Crippen molar-refractivity contribution in [3.63, 3.8) is 0 Å². The molecule has 2 heteroatoms. The van der Waals surface area contributed by atoms with Crippen molar-refractivity contribution >= 4 is 19.9 Å². The molecular formula is C16H31AlO. The van der Waals surface area contributed by atoms with Gasteiger partial charge in [-0.2, -0.15) is 0 Å². The molecule has 4 aliphatic rings. The molecule has 0 N–H and O–H groups in total. The minimum absolute atomic E-state index is 0.139. The van der Waals surface area contributed by atoms with Crippen LogP contribution in [-0.4, -0.2) is 19.9 Å². The van der Waals surface area contributed by atoms with Crippen LogP contribution < -0.4 is 0 Å². The summed E-state index contributed by atoms with van der Waals surface area (Å²) in [5.74, 6) is 11.8. The van der Waals surface area contributed by atoms with E-state index in [4.69, 9.17) is 0 Å². The number of Topliss-reactive ketones (excluding diaryl/α,β-unsaturated/α-hetero) is 1. The quantitative estimate of drug-likeness (QED) is 0.576. The molecule has 0 atom stereocenters. The molecule has 0 aromatic heterocycles. The maximum atomic E-state index is 9.44. The number of carbonyl (C=O) groups is 1. The second-order valence-corrected chi connectivity index (χ2v) is 11.0. The minimum atomic E-state index is -0.139. The number of ketones is 1. The largest absolute Gasteiger partial charge is 0.300 e. The first-order valence-corrected chi connectivity index (χ1v) is 11.3. The van der Waals surface area contributed by atoms with Gasteiger partial charge < -0.3 is 4.79 Å². The van der Waals surface area contributed by atoms with Crippen LogP contribution in [0, 0.1) is 23.7 Å². The van der Waals surface area contributed by atoms with E-state index in [0.717, 1.165) is 0 Å². The lowest BCUT2D eigenvalue weighted by Gasteiger charge is -2.49. The molecule has 4 rings (SSSR count). The number of rotatable bonds is 0. The third-order valence-corrected chi connectivity index (χ3v) is 4.00. The fourth-order valence-corrected chi connectivity index (χ4v) is 3.98. The Morgan fingerprint density at radius 3 is 0.944 bits per heavy atom. The van der Waals surface area contributed by atoms with E-state index in [1.807, 2.05) is 0 Å². The van der Waals surface area contributed by atoms with Gasteiger partial charge in [-0.15, -0.1) is 17.4 Å². The van der Waals surface area contributed by atoms with Gasteiger partial charge in [0.05, 0.1) is 0 Å². The summed E-state index contributed by atoms with van der Waals surface area (Å²) in [6, 6.07) is 0. The fraction of sp³-hybridized carbons (Fsp3) is 0.938. The lowest BCUT2D eigenvalue weighted by Crippen LogP contribution is -2.38. The molecule has 0 unspecified atom stereocenters. The Labute approximate surface area is 118 Å². The van der Waals surface area contributed by atoms with E-state index in [-0.39, 0.29) is 19.9 Å². The van der Waals surface area contributed by atoms with Gasteiger partial charge in [-0.3, -0.25) is 0 Å². The number of hydrogen-bond acceptors (Lipinski definition) is 1. The first-order valence-electron chi connectivity index (χ1n) is 7.84. The highest BCUT2D eigenvalue weighted by Crippen LogP contribution is 2.53. The van der Waals surface area contributed by atoms with Crippen LogP contribution in [0.25, 0.3) is 0 Å². The summed E-state index contributed by atoms with van der Waals surface area (Å²) in [5, 5.41) is 0. The van der Waals surface area contributed by atoms with Crippen molar-refractivity contribution in [2.24, 2.45) is 23.7 Å². The van der Waals surface area contributed by atoms with Crippen molar-refractivity contribution in [2.75, 3.05) is 0 Å². The summed E-state index contributed by atoms with van der Waals surface area (Å²) in [6.07, 6.45) is 9.62. The van der Waals surface area contributed by atoms with Crippen LogP contribution in [0.4, 0.5) is 0 Å². The van der Waals surface area contributed by atoms with Gasteiger partial charge in [-0.1, -0.05) is 0 Å². The first kappa shape index (κ1) is 16.3. The zero-order valence-electron chi connectivity index (χ0n) is 13.0. The van der Waals surface area contributed by atoms with Crippen molar-refractivity contribution in [1.29, 1.82) is 0 Å². The van der Waals surface area contributed by atoms with E-state index in [9.17, 15) is 4.79 Å². The summed E-state index contributed by atoms with van der Waals surface area (Å²) >= 11 is -0.139. The van der Waals surface area contributed by atoms with E-state index >= 15 is 0 Å². The van der Waals surface area contributed by atoms with E-state index in [2.05, 4.69) is 17.4 Å². The smallest absolute Gasteiger partial charge is 0.251 e. The minimum Gasteiger partial charge on any atom is -0.300 e. The highest BCUT2D eigenvalue weighted by atomic mass is 27.2. The summed E-state index contributed by atoms with van der Waals surface area (Å²) in [5.41, 5.74) is 0. The zero-order chi connectivity index (χ0) is 13.7. The van der Waals surface area contributed by atoms with Gasteiger partial charge in [-0.05, 0) is 76.0 Å². The molecule has 0 radical (unpaired) electrons. The Morgan fingerprint density at radius 2 is 0.833 bits per heavy atom. The van der Waals surface area contributed by atoms with E-state index in [0.29, 0.717) is 0 Å². The Hall–Kier alpha value is 0.202. The molecular weight excluding hydrogens is 235 g/mol. The van der Waals surface area contributed by atoms with E-state index in [1.165, 1.54) is 37.5 Å². The van der Waals surface area contributed by atoms with E-state index in [1.54, 1.807) is 38.5 Å². The van der Waals surface area contributed by atoms with Gasteiger partial charge in [0.25, 0.3) is 14.1 Å². The predicted molar refractivity (Wildman–Crippen MR) is 81.4 cm³/mol. The highest BCUT2D eigenvalue weighted by molar-refractivity contribution is 6.54. The standard InChI is InChI=1S/C10H16.C3H6O.3CH3.Al/c1-7-2-9-4-8(1)5-10(3-7)6-9;1-3(2)4;;;;/h7-10H,1-6H2;1-2H3;3*1H3;. The zero-order valence-corrected chi connectivity index (χ0v) is 14.2. The molecule has 0 heterocycles. The monoisotopic (exact) mass is 266 g/mol. The Morgan fingerprint density at radius 1 is 0.722 bits per heavy atom. The van der Waals surface area contributed by atoms with Crippen molar-refractivity contribution in [3.8, 4) is 0 Å². The SMILES string of the molecule is C1C2CC3CC1CC(C2)C3.CC(C)=O.[CH3][Al]([CH3])[CH3]. The Kier molecular flexibility index (Phi) is 6.96. The van der Waals surface area contributed by atoms with Crippen molar-refractivity contribution in [2.45, 2.75) is 69.7 Å².